The minimum Gasteiger partial charge on any atom is -0.550 e. The normalized spacial score (nSPS) is 8.47. The molecule has 80 valence electrons. The Morgan fingerprint density at radius 2 is 1.59 bits per heavy atom. The SMILES string of the molecule is O=C([O-])CCNc1ccc(C(=O)[O-])cc1.[Na+].[Na+]. The van der Waals surface area contributed by atoms with Gasteiger partial charge in [-0.05, 0) is 17.7 Å². The first kappa shape index (κ1) is 19.3. The third-order valence-corrected chi connectivity index (χ3v) is 1.78. The van der Waals surface area contributed by atoms with Gasteiger partial charge >= 0.3 is 59.1 Å². The van der Waals surface area contributed by atoms with Crippen molar-refractivity contribution in [3.63, 3.8) is 0 Å². The molecule has 0 saturated heterocycles. The van der Waals surface area contributed by atoms with E-state index in [1.54, 1.807) is 12.1 Å². The number of aromatic carboxylic acids is 1. The molecule has 1 aromatic carbocycles. The number of hydrogen-bond acceptors (Lipinski definition) is 5. The first-order valence-electron chi connectivity index (χ1n) is 4.34. The molecule has 0 aliphatic carbocycles. The summed E-state index contributed by atoms with van der Waals surface area (Å²) in [4.78, 5) is 20.5. The molecule has 0 amide bonds. The van der Waals surface area contributed by atoms with E-state index in [2.05, 4.69) is 5.32 Å². The monoisotopic (exact) mass is 253 g/mol. The van der Waals surface area contributed by atoms with E-state index in [1.807, 2.05) is 0 Å². The van der Waals surface area contributed by atoms with Crippen molar-refractivity contribution in [3.8, 4) is 0 Å². The largest absolute Gasteiger partial charge is 1.00 e. The Hall–Kier alpha value is -0.0400. The van der Waals surface area contributed by atoms with Crippen LogP contribution in [0.2, 0.25) is 0 Å². The first-order chi connectivity index (χ1) is 7.09. The summed E-state index contributed by atoms with van der Waals surface area (Å²) >= 11 is 0. The molecule has 0 heterocycles. The van der Waals surface area contributed by atoms with E-state index < -0.39 is 11.9 Å². The number of rotatable bonds is 5. The fraction of sp³-hybridized carbons (Fsp3) is 0.200. The van der Waals surface area contributed by atoms with Crippen LogP contribution in [0.4, 0.5) is 5.69 Å². The summed E-state index contributed by atoms with van der Waals surface area (Å²) in [6.07, 6.45) is -0.0950. The summed E-state index contributed by atoms with van der Waals surface area (Å²) in [5, 5.41) is 23.3. The van der Waals surface area contributed by atoms with E-state index in [9.17, 15) is 19.8 Å². The summed E-state index contributed by atoms with van der Waals surface area (Å²) in [5.41, 5.74) is 0.738. The molecule has 0 radical (unpaired) electrons. The molecule has 0 spiro atoms. The quantitative estimate of drug-likeness (QED) is 0.526. The predicted molar refractivity (Wildman–Crippen MR) is 48.9 cm³/mol. The standard InChI is InChI=1S/C10H11NO4.2Na/c12-9(13)5-6-11-8-3-1-7(2-4-8)10(14)15;;/h1-4,11H,5-6H2,(H,12,13)(H,14,15);;/q;2*+1/p-2. The second kappa shape index (κ2) is 9.94. The van der Waals surface area contributed by atoms with Crippen molar-refractivity contribution in [2.45, 2.75) is 6.42 Å². The number of nitrogens with one attached hydrogen (secondary N) is 1. The summed E-state index contributed by atoms with van der Waals surface area (Å²) in [5.74, 6) is -2.37. The fourth-order valence-electron chi connectivity index (χ4n) is 1.03. The smallest absolute Gasteiger partial charge is 0.550 e. The Morgan fingerprint density at radius 1 is 1.06 bits per heavy atom. The van der Waals surface area contributed by atoms with Crippen molar-refractivity contribution in [2.24, 2.45) is 0 Å². The number of hydrogen-bond donors (Lipinski definition) is 1. The maximum absolute atomic E-state index is 10.4. The third kappa shape index (κ3) is 7.81. The average Bonchev–Trinajstić information content (AvgIpc) is 2.18. The van der Waals surface area contributed by atoms with Crippen LogP contribution in [0.25, 0.3) is 0 Å². The summed E-state index contributed by atoms with van der Waals surface area (Å²) in [6.45, 7) is 0.243. The topological polar surface area (TPSA) is 92.3 Å². The molecule has 1 rings (SSSR count). The van der Waals surface area contributed by atoms with Gasteiger partial charge in [0.25, 0.3) is 0 Å². The molecule has 7 heteroatoms. The number of carbonyl (C=O) groups excluding carboxylic acids is 2. The first-order valence-corrected chi connectivity index (χ1v) is 4.34. The summed E-state index contributed by atoms with van der Waals surface area (Å²) < 4.78 is 0. The van der Waals surface area contributed by atoms with Crippen LogP contribution in [0, 0.1) is 0 Å². The predicted octanol–water partition coefficient (Wildman–Crippen LogP) is -7.39. The van der Waals surface area contributed by atoms with E-state index in [1.165, 1.54) is 12.1 Å². The molecule has 0 aliphatic heterocycles. The van der Waals surface area contributed by atoms with Crippen LogP contribution in [0.3, 0.4) is 0 Å². The molecule has 0 aromatic heterocycles. The Bertz CT molecular complexity index is 367. The van der Waals surface area contributed by atoms with Crippen molar-refractivity contribution < 1.29 is 78.9 Å². The van der Waals surface area contributed by atoms with Crippen LogP contribution >= 0.6 is 0 Å². The molecule has 17 heavy (non-hydrogen) atoms. The van der Waals surface area contributed by atoms with Crippen molar-refractivity contribution >= 4 is 17.6 Å². The molecule has 0 atom stereocenters. The molecule has 1 aromatic rings. The van der Waals surface area contributed by atoms with Gasteiger partial charge in [0.05, 0.1) is 5.97 Å². The van der Waals surface area contributed by atoms with Gasteiger partial charge < -0.3 is 25.1 Å². The van der Waals surface area contributed by atoms with Crippen LogP contribution in [0.15, 0.2) is 24.3 Å². The van der Waals surface area contributed by atoms with Crippen molar-refractivity contribution in [1.82, 2.24) is 0 Å². The van der Waals surface area contributed by atoms with Crippen LogP contribution in [-0.2, 0) is 4.79 Å². The van der Waals surface area contributed by atoms with Gasteiger partial charge in [-0.15, -0.1) is 0 Å². The van der Waals surface area contributed by atoms with Gasteiger partial charge in [0, 0.05) is 24.6 Å². The second-order valence-corrected chi connectivity index (χ2v) is 2.91. The van der Waals surface area contributed by atoms with Gasteiger partial charge in [0.2, 0.25) is 0 Å². The number of aliphatic carboxylic acids is 1. The van der Waals surface area contributed by atoms with E-state index >= 15 is 0 Å². The Labute approximate surface area is 143 Å². The zero-order valence-corrected chi connectivity index (χ0v) is 13.9. The van der Waals surface area contributed by atoms with Crippen LogP contribution < -0.4 is 74.6 Å². The van der Waals surface area contributed by atoms with Gasteiger partial charge in [-0.3, -0.25) is 0 Å². The number of benzene rings is 1. The molecule has 1 N–H and O–H groups in total. The number of carboxylic acid groups (broad SMARTS) is 2. The molecule has 0 fully saturated rings. The molecular formula is C10H9NNa2O4. The molecule has 0 bridgehead atoms. The van der Waals surface area contributed by atoms with Crippen LogP contribution in [0.5, 0.6) is 0 Å². The molecule has 0 aliphatic rings. The molecule has 0 unspecified atom stereocenters. The van der Waals surface area contributed by atoms with Crippen LogP contribution in [0.1, 0.15) is 16.8 Å². The van der Waals surface area contributed by atoms with Crippen molar-refractivity contribution in [2.75, 3.05) is 11.9 Å². The van der Waals surface area contributed by atoms with Gasteiger partial charge in [0.15, 0.2) is 0 Å². The van der Waals surface area contributed by atoms with Gasteiger partial charge in [-0.25, -0.2) is 0 Å². The minimum absolute atomic E-state index is 0. The zero-order valence-electron chi connectivity index (χ0n) is 9.86. The van der Waals surface area contributed by atoms with Gasteiger partial charge in [-0.1, -0.05) is 12.1 Å². The zero-order chi connectivity index (χ0) is 11.3. The second-order valence-electron chi connectivity index (χ2n) is 2.91. The van der Waals surface area contributed by atoms with Gasteiger partial charge in [0.1, 0.15) is 0 Å². The fourth-order valence-corrected chi connectivity index (χ4v) is 1.03. The Balaban J connectivity index is 0. The Kier molecular flexibility index (Phi) is 11.3. The summed E-state index contributed by atoms with van der Waals surface area (Å²) in [7, 11) is 0. The molecular weight excluding hydrogens is 244 g/mol. The van der Waals surface area contributed by atoms with Crippen LogP contribution in [-0.4, -0.2) is 18.5 Å². The van der Waals surface area contributed by atoms with E-state index in [0.29, 0.717) is 5.69 Å². The minimum atomic E-state index is -1.24. The van der Waals surface area contributed by atoms with Gasteiger partial charge in [-0.2, -0.15) is 0 Å². The van der Waals surface area contributed by atoms with E-state index in [-0.39, 0.29) is 77.6 Å². The third-order valence-electron chi connectivity index (χ3n) is 1.78. The van der Waals surface area contributed by atoms with E-state index in [4.69, 9.17) is 0 Å². The van der Waals surface area contributed by atoms with E-state index in [0.717, 1.165) is 0 Å². The van der Waals surface area contributed by atoms with Crippen molar-refractivity contribution in [3.05, 3.63) is 29.8 Å². The maximum Gasteiger partial charge on any atom is 1.00 e. The number of carbonyl (C=O) groups is 2. The average molecular weight is 253 g/mol. The summed E-state index contributed by atoms with van der Waals surface area (Å²) in [6, 6.07) is 5.86. The number of carboxylic acids is 2. The maximum atomic E-state index is 10.4. The van der Waals surface area contributed by atoms with Crippen molar-refractivity contribution in [1.29, 1.82) is 0 Å². The molecule has 0 saturated carbocycles. The Morgan fingerprint density at radius 3 is 2.00 bits per heavy atom. The molecule has 5 nitrogen and oxygen atoms in total. The number of anilines is 1.